The van der Waals surface area contributed by atoms with Crippen molar-refractivity contribution in [3.05, 3.63) is 59.2 Å². The molecule has 2 aliphatic rings. The average molecular weight is 638 g/mol. The highest BCUT2D eigenvalue weighted by Gasteiger charge is 2.33. The summed E-state index contributed by atoms with van der Waals surface area (Å²) in [6.07, 6.45) is 1.81. The maximum atomic E-state index is 12.8. The van der Waals surface area contributed by atoms with E-state index in [-0.39, 0.29) is 19.6 Å². The zero-order valence-electron chi connectivity index (χ0n) is 25.5. The number of anilines is 1. The Kier molecular flexibility index (Phi) is 11.8. The summed E-state index contributed by atoms with van der Waals surface area (Å²) < 4.78 is 40.6. The van der Waals surface area contributed by atoms with Gasteiger partial charge in [-0.2, -0.15) is 22.7 Å². The third-order valence-corrected chi connectivity index (χ3v) is 9.34. The predicted octanol–water partition coefficient (Wildman–Crippen LogP) is 2.21. The number of hydrogen-bond acceptors (Lipinski definition) is 8. The molecule has 0 saturated carbocycles. The van der Waals surface area contributed by atoms with Gasteiger partial charge in [0.05, 0.1) is 18.2 Å². The fourth-order valence-corrected chi connectivity index (χ4v) is 6.53. The van der Waals surface area contributed by atoms with E-state index in [1.54, 1.807) is 32.0 Å². The standard InChI is InChI=1S/C32H39N5O7S/c1-23(2)30(32(39)40)35-45(41,42)37-17-15-36(16-18-37)27-8-5-24(6-9-27)3-4-25-7-10-29(28(21-25)31(38)34-14-13-33)44-22-26-11-19-43-20-12-26/h5-10,21,23,26,30,35H,11-12,14-20,22H2,1-2H3,(H,34,38)(H,39,40). The minimum absolute atomic E-state index is 0.119. The molecule has 0 spiro atoms. The molecule has 2 fully saturated rings. The quantitative estimate of drug-likeness (QED) is 0.248. The molecule has 2 heterocycles. The van der Waals surface area contributed by atoms with Crippen molar-refractivity contribution in [3.8, 4) is 23.7 Å². The fraction of sp³-hybridized carbons (Fsp3) is 0.469. The van der Waals surface area contributed by atoms with Crippen LogP contribution >= 0.6 is 0 Å². The van der Waals surface area contributed by atoms with Crippen molar-refractivity contribution in [2.45, 2.75) is 32.7 Å². The van der Waals surface area contributed by atoms with Gasteiger partial charge in [-0.1, -0.05) is 25.7 Å². The van der Waals surface area contributed by atoms with Crippen molar-refractivity contribution in [1.82, 2.24) is 14.3 Å². The first-order valence-corrected chi connectivity index (χ1v) is 16.4. The van der Waals surface area contributed by atoms with Crippen molar-refractivity contribution in [1.29, 1.82) is 5.26 Å². The van der Waals surface area contributed by atoms with Gasteiger partial charge in [0, 0.05) is 56.2 Å². The van der Waals surface area contributed by atoms with Crippen LogP contribution in [0.4, 0.5) is 5.69 Å². The van der Waals surface area contributed by atoms with Crippen LogP contribution in [0.5, 0.6) is 5.75 Å². The highest BCUT2D eigenvalue weighted by Crippen LogP contribution is 2.24. The van der Waals surface area contributed by atoms with Gasteiger partial charge < -0.3 is 24.8 Å². The molecule has 0 radical (unpaired) electrons. The number of nitrogens with one attached hydrogen (secondary N) is 2. The van der Waals surface area contributed by atoms with Crippen LogP contribution in [-0.2, 0) is 19.7 Å². The maximum Gasteiger partial charge on any atom is 0.322 e. The molecule has 0 aromatic heterocycles. The number of carboxylic acid groups (broad SMARTS) is 1. The number of nitriles is 1. The summed E-state index contributed by atoms with van der Waals surface area (Å²) in [5.41, 5.74) is 2.61. The number of hydrogen-bond donors (Lipinski definition) is 3. The van der Waals surface area contributed by atoms with Crippen LogP contribution in [-0.4, -0.2) is 88.3 Å². The Morgan fingerprint density at radius 1 is 1.04 bits per heavy atom. The Hall–Kier alpha value is -4.14. The molecule has 0 bridgehead atoms. The van der Waals surface area contributed by atoms with Gasteiger partial charge in [0.1, 0.15) is 18.3 Å². The molecule has 2 saturated heterocycles. The first-order valence-electron chi connectivity index (χ1n) is 14.9. The molecule has 1 unspecified atom stereocenters. The summed E-state index contributed by atoms with van der Waals surface area (Å²) in [4.78, 5) is 26.3. The normalized spacial score (nSPS) is 16.7. The van der Waals surface area contributed by atoms with Crippen molar-refractivity contribution in [3.63, 3.8) is 0 Å². The molecule has 2 aromatic rings. The van der Waals surface area contributed by atoms with Crippen molar-refractivity contribution in [2.24, 2.45) is 11.8 Å². The Morgan fingerprint density at radius 3 is 2.31 bits per heavy atom. The van der Waals surface area contributed by atoms with Crippen molar-refractivity contribution >= 4 is 27.8 Å². The highest BCUT2D eigenvalue weighted by molar-refractivity contribution is 7.87. The number of benzene rings is 2. The number of ether oxygens (including phenoxy) is 2. The molecule has 2 aromatic carbocycles. The van der Waals surface area contributed by atoms with Crippen LogP contribution in [0.2, 0.25) is 0 Å². The molecule has 2 aliphatic heterocycles. The molecule has 0 aliphatic carbocycles. The van der Waals surface area contributed by atoms with Crippen LogP contribution in [0.25, 0.3) is 0 Å². The Labute approximate surface area is 264 Å². The minimum atomic E-state index is -3.94. The number of piperazine rings is 1. The number of rotatable bonds is 11. The van der Waals surface area contributed by atoms with Gasteiger partial charge in [0.15, 0.2) is 0 Å². The van der Waals surface area contributed by atoms with Crippen LogP contribution in [0.3, 0.4) is 0 Å². The zero-order valence-corrected chi connectivity index (χ0v) is 26.3. The molecular formula is C32H39N5O7S. The van der Waals surface area contributed by atoms with Crippen LogP contribution in [0, 0.1) is 35.0 Å². The first kappa shape index (κ1) is 33.7. The zero-order chi connectivity index (χ0) is 32.4. The first-order chi connectivity index (χ1) is 21.6. The third kappa shape index (κ3) is 9.42. The highest BCUT2D eigenvalue weighted by atomic mass is 32.2. The van der Waals surface area contributed by atoms with Crippen molar-refractivity contribution < 1.29 is 32.6 Å². The van der Waals surface area contributed by atoms with E-state index in [1.807, 2.05) is 30.3 Å². The average Bonchev–Trinajstić information content (AvgIpc) is 3.05. The Morgan fingerprint density at radius 2 is 1.69 bits per heavy atom. The molecule has 3 N–H and O–H groups in total. The topological polar surface area (TPSA) is 161 Å². The molecule has 12 nitrogen and oxygen atoms in total. The number of nitrogens with zero attached hydrogens (tertiary/aromatic N) is 3. The summed E-state index contributed by atoms with van der Waals surface area (Å²) in [6, 6.07) is 13.5. The van der Waals surface area contributed by atoms with Gasteiger partial charge in [-0.15, -0.1) is 0 Å². The van der Waals surface area contributed by atoms with E-state index in [0.29, 0.717) is 55.7 Å². The number of carboxylic acids is 1. The third-order valence-electron chi connectivity index (χ3n) is 7.74. The second-order valence-corrected chi connectivity index (χ2v) is 13.0. The SMILES string of the molecule is CC(C)C(NS(=O)(=O)N1CCN(c2ccc(C#Cc3ccc(OCC4CCOCC4)c(C(=O)NCC#N)c3)cc2)CC1)C(=O)O. The Bertz CT molecular complexity index is 1550. The lowest BCUT2D eigenvalue weighted by molar-refractivity contribution is -0.140. The van der Waals surface area contributed by atoms with Gasteiger partial charge in [0.25, 0.3) is 16.1 Å². The fourth-order valence-electron chi connectivity index (χ4n) is 5.04. The van der Waals surface area contributed by atoms with Gasteiger partial charge in [-0.05, 0) is 67.1 Å². The molecular weight excluding hydrogens is 598 g/mol. The lowest BCUT2D eigenvalue weighted by atomic mass is 10.0. The lowest BCUT2D eigenvalue weighted by Gasteiger charge is -2.36. The lowest BCUT2D eigenvalue weighted by Crippen LogP contribution is -2.55. The summed E-state index contributed by atoms with van der Waals surface area (Å²) in [5, 5.41) is 20.8. The monoisotopic (exact) mass is 637 g/mol. The van der Waals surface area contributed by atoms with E-state index in [0.717, 1.165) is 24.1 Å². The number of aliphatic carboxylic acids is 1. The maximum absolute atomic E-state index is 12.8. The van der Waals surface area contributed by atoms with Crippen LogP contribution < -0.4 is 19.7 Å². The molecule has 13 heteroatoms. The van der Waals surface area contributed by atoms with E-state index in [1.165, 1.54) is 4.31 Å². The second kappa shape index (κ2) is 15.7. The van der Waals surface area contributed by atoms with Crippen LogP contribution in [0.15, 0.2) is 42.5 Å². The number of carbonyl (C=O) groups excluding carboxylic acids is 1. The second-order valence-electron chi connectivity index (χ2n) is 11.3. The van der Waals surface area contributed by atoms with Crippen LogP contribution in [0.1, 0.15) is 48.2 Å². The summed E-state index contributed by atoms with van der Waals surface area (Å²) in [5.74, 6) is 5.00. The molecule has 1 atom stereocenters. The van der Waals surface area contributed by atoms with Gasteiger partial charge in [-0.3, -0.25) is 9.59 Å². The summed E-state index contributed by atoms with van der Waals surface area (Å²) in [6.45, 7) is 6.41. The summed E-state index contributed by atoms with van der Waals surface area (Å²) in [7, 11) is -3.94. The molecule has 1 amide bonds. The van der Waals surface area contributed by atoms with Crippen molar-refractivity contribution in [2.75, 3.05) is 57.4 Å². The predicted molar refractivity (Wildman–Crippen MR) is 168 cm³/mol. The molecule has 45 heavy (non-hydrogen) atoms. The summed E-state index contributed by atoms with van der Waals surface area (Å²) >= 11 is 0. The Balaban J connectivity index is 1.39. The number of amides is 1. The van der Waals surface area contributed by atoms with E-state index < -0.39 is 34.0 Å². The minimum Gasteiger partial charge on any atom is -0.492 e. The van der Waals surface area contributed by atoms with E-state index in [9.17, 15) is 23.1 Å². The van der Waals surface area contributed by atoms with E-state index >= 15 is 0 Å². The molecule has 240 valence electrons. The largest absolute Gasteiger partial charge is 0.492 e. The van der Waals surface area contributed by atoms with E-state index in [4.69, 9.17) is 14.7 Å². The van der Waals surface area contributed by atoms with Gasteiger partial charge in [0.2, 0.25) is 0 Å². The van der Waals surface area contributed by atoms with E-state index in [2.05, 4.69) is 26.8 Å². The molecule has 4 rings (SSSR count). The van der Waals surface area contributed by atoms with Gasteiger partial charge >= 0.3 is 5.97 Å². The number of carbonyl (C=O) groups is 2. The smallest absolute Gasteiger partial charge is 0.322 e. The van der Waals surface area contributed by atoms with Gasteiger partial charge in [-0.25, -0.2) is 0 Å².